The lowest BCUT2D eigenvalue weighted by Crippen LogP contribution is -2.31. The smallest absolute Gasteiger partial charge is 0.243 e. The second-order valence-electron chi connectivity index (χ2n) is 5.16. The lowest BCUT2D eigenvalue weighted by Gasteiger charge is -2.17. The second kappa shape index (κ2) is 6.76. The molecule has 23 heavy (non-hydrogen) atoms. The van der Waals surface area contributed by atoms with Crippen LogP contribution in [0.1, 0.15) is 6.42 Å². The van der Waals surface area contributed by atoms with Crippen LogP contribution >= 0.6 is 27.5 Å². The van der Waals surface area contributed by atoms with E-state index in [1.807, 2.05) is 6.07 Å². The van der Waals surface area contributed by atoms with Crippen LogP contribution in [0.15, 0.2) is 52.0 Å². The van der Waals surface area contributed by atoms with Gasteiger partial charge in [0.15, 0.2) is 0 Å². The molecule has 0 aliphatic carbocycles. The highest BCUT2D eigenvalue weighted by molar-refractivity contribution is 9.10. The minimum atomic E-state index is -3.52. The van der Waals surface area contributed by atoms with Gasteiger partial charge in [0.2, 0.25) is 15.9 Å². The van der Waals surface area contributed by atoms with Gasteiger partial charge >= 0.3 is 0 Å². The van der Waals surface area contributed by atoms with E-state index in [-0.39, 0.29) is 11.0 Å². The second-order valence-corrected chi connectivity index (χ2v) is 8.45. The highest BCUT2D eigenvalue weighted by Gasteiger charge is 2.33. The Balaban J connectivity index is 1.69. The van der Waals surface area contributed by atoms with Crippen molar-refractivity contribution in [2.75, 3.05) is 13.1 Å². The van der Waals surface area contributed by atoms with E-state index in [1.54, 1.807) is 24.4 Å². The lowest BCUT2D eigenvalue weighted by atomic mass is 10.3. The summed E-state index contributed by atoms with van der Waals surface area (Å²) in [6, 6.07) is 9.76. The maximum atomic E-state index is 12.6. The van der Waals surface area contributed by atoms with E-state index in [1.165, 1.54) is 16.4 Å². The van der Waals surface area contributed by atoms with Gasteiger partial charge in [0.1, 0.15) is 6.10 Å². The van der Waals surface area contributed by atoms with Gasteiger partial charge < -0.3 is 4.74 Å². The zero-order valence-corrected chi connectivity index (χ0v) is 15.2. The number of pyridine rings is 1. The number of benzene rings is 1. The highest BCUT2D eigenvalue weighted by atomic mass is 79.9. The highest BCUT2D eigenvalue weighted by Crippen LogP contribution is 2.24. The molecule has 1 aromatic carbocycles. The molecule has 1 aliphatic heterocycles. The van der Waals surface area contributed by atoms with E-state index in [9.17, 15) is 8.42 Å². The molecular formula is C15H14BrClN2O3S. The maximum Gasteiger partial charge on any atom is 0.243 e. The number of rotatable bonds is 4. The monoisotopic (exact) mass is 416 g/mol. The molecule has 2 aromatic rings. The van der Waals surface area contributed by atoms with E-state index < -0.39 is 10.0 Å². The maximum absolute atomic E-state index is 12.6. The predicted molar refractivity (Wildman–Crippen MR) is 91.2 cm³/mol. The third-order valence-corrected chi connectivity index (χ3v) is 6.15. The molecule has 1 aromatic heterocycles. The zero-order valence-electron chi connectivity index (χ0n) is 12.0. The van der Waals surface area contributed by atoms with E-state index in [4.69, 9.17) is 16.3 Å². The molecular weight excluding hydrogens is 404 g/mol. The first-order valence-electron chi connectivity index (χ1n) is 6.99. The van der Waals surface area contributed by atoms with Gasteiger partial charge in [0, 0.05) is 28.3 Å². The fraction of sp³-hybridized carbons (Fsp3) is 0.267. The Morgan fingerprint density at radius 3 is 2.61 bits per heavy atom. The van der Waals surface area contributed by atoms with Crippen LogP contribution in [0.3, 0.4) is 0 Å². The van der Waals surface area contributed by atoms with Gasteiger partial charge in [-0.05, 0) is 52.7 Å². The van der Waals surface area contributed by atoms with Crippen molar-refractivity contribution in [3.8, 4) is 5.88 Å². The summed E-state index contributed by atoms with van der Waals surface area (Å²) in [5.41, 5.74) is 0. The Labute approximate surface area is 148 Å². The summed E-state index contributed by atoms with van der Waals surface area (Å²) in [5, 5.41) is 0.507. The number of hydrogen-bond donors (Lipinski definition) is 0. The number of halogens is 2. The van der Waals surface area contributed by atoms with Crippen LogP contribution in [0.25, 0.3) is 0 Å². The molecule has 1 fully saturated rings. The SMILES string of the molecule is O=S(=O)(c1ccc(Cl)cc1)N1CCC(Oc2ccc(Br)cn2)C1. The van der Waals surface area contributed by atoms with E-state index in [2.05, 4.69) is 20.9 Å². The van der Waals surface area contributed by atoms with Crippen LogP contribution in [0.5, 0.6) is 5.88 Å². The molecule has 1 unspecified atom stereocenters. The van der Waals surface area contributed by atoms with Crippen molar-refractivity contribution < 1.29 is 13.2 Å². The Hall–Kier alpha value is -1.15. The predicted octanol–water partition coefficient (Wildman–Crippen LogP) is 3.34. The summed E-state index contributed by atoms with van der Waals surface area (Å²) in [7, 11) is -3.52. The molecule has 1 saturated heterocycles. The van der Waals surface area contributed by atoms with Crippen molar-refractivity contribution in [3.05, 3.63) is 52.1 Å². The van der Waals surface area contributed by atoms with Crippen molar-refractivity contribution in [2.24, 2.45) is 0 Å². The zero-order chi connectivity index (χ0) is 16.4. The Morgan fingerprint density at radius 1 is 1.22 bits per heavy atom. The van der Waals surface area contributed by atoms with Crippen LogP contribution in [0.4, 0.5) is 0 Å². The summed E-state index contributed by atoms with van der Waals surface area (Å²) in [6.45, 7) is 0.731. The van der Waals surface area contributed by atoms with Gasteiger partial charge in [0.05, 0.1) is 11.4 Å². The first-order valence-corrected chi connectivity index (χ1v) is 9.60. The Kier molecular flexibility index (Phi) is 4.91. The molecule has 0 spiro atoms. The molecule has 5 nitrogen and oxygen atoms in total. The van der Waals surface area contributed by atoms with Crippen molar-refractivity contribution >= 4 is 37.6 Å². The normalized spacial score (nSPS) is 19.0. The van der Waals surface area contributed by atoms with Crippen LogP contribution in [-0.4, -0.2) is 36.9 Å². The molecule has 2 heterocycles. The molecule has 1 atom stereocenters. The minimum Gasteiger partial charge on any atom is -0.473 e. The summed E-state index contributed by atoms with van der Waals surface area (Å²) in [4.78, 5) is 4.39. The minimum absolute atomic E-state index is 0.203. The summed E-state index contributed by atoms with van der Waals surface area (Å²) >= 11 is 9.12. The molecule has 0 saturated carbocycles. The van der Waals surface area contributed by atoms with Gasteiger partial charge in [-0.25, -0.2) is 13.4 Å². The van der Waals surface area contributed by atoms with E-state index >= 15 is 0 Å². The van der Waals surface area contributed by atoms with Gasteiger partial charge in [-0.3, -0.25) is 0 Å². The van der Waals surface area contributed by atoms with Gasteiger partial charge in [-0.1, -0.05) is 11.6 Å². The molecule has 8 heteroatoms. The topological polar surface area (TPSA) is 59.5 Å². The quantitative estimate of drug-likeness (QED) is 0.765. The van der Waals surface area contributed by atoms with E-state index in [0.29, 0.717) is 30.4 Å². The van der Waals surface area contributed by atoms with Gasteiger partial charge in [0.25, 0.3) is 0 Å². The average Bonchev–Trinajstić information content (AvgIpc) is 2.99. The first-order chi connectivity index (χ1) is 10.9. The fourth-order valence-electron chi connectivity index (χ4n) is 2.37. The molecule has 0 bridgehead atoms. The van der Waals surface area contributed by atoms with Crippen LogP contribution in [0, 0.1) is 0 Å². The third-order valence-electron chi connectivity index (χ3n) is 3.55. The standard InChI is InChI=1S/C15H14BrClN2O3S/c16-11-1-6-15(18-9-11)22-13-7-8-19(10-13)23(20,21)14-4-2-12(17)3-5-14/h1-6,9,13H,7-8,10H2. The van der Waals surface area contributed by atoms with Crippen LogP contribution in [0.2, 0.25) is 5.02 Å². The molecule has 122 valence electrons. The Morgan fingerprint density at radius 2 is 1.96 bits per heavy atom. The van der Waals surface area contributed by atoms with Crippen molar-refractivity contribution in [1.82, 2.24) is 9.29 Å². The lowest BCUT2D eigenvalue weighted by molar-refractivity contribution is 0.207. The Bertz CT molecular complexity index is 781. The van der Waals surface area contributed by atoms with E-state index in [0.717, 1.165) is 4.47 Å². The molecule has 0 amide bonds. The number of hydrogen-bond acceptors (Lipinski definition) is 4. The number of aromatic nitrogens is 1. The number of nitrogens with zero attached hydrogens (tertiary/aromatic N) is 2. The number of sulfonamides is 1. The number of ether oxygens (including phenoxy) is 1. The van der Waals surface area contributed by atoms with Crippen molar-refractivity contribution in [1.29, 1.82) is 0 Å². The van der Waals surface area contributed by atoms with Crippen molar-refractivity contribution in [3.63, 3.8) is 0 Å². The average molecular weight is 418 g/mol. The van der Waals surface area contributed by atoms with Crippen molar-refractivity contribution in [2.45, 2.75) is 17.4 Å². The first kappa shape index (κ1) is 16.7. The summed E-state index contributed by atoms with van der Waals surface area (Å²) in [5.74, 6) is 0.490. The molecule has 3 rings (SSSR count). The third kappa shape index (κ3) is 3.85. The van der Waals surface area contributed by atoms with Gasteiger partial charge in [-0.2, -0.15) is 4.31 Å². The van der Waals surface area contributed by atoms with Crippen LogP contribution in [-0.2, 0) is 10.0 Å². The summed E-state index contributed by atoms with van der Waals surface area (Å²) in [6.07, 6.45) is 2.07. The fourth-order valence-corrected chi connectivity index (χ4v) is 4.22. The van der Waals surface area contributed by atoms with Crippen LogP contribution < -0.4 is 4.74 Å². The molecule has 0 radical (unpaired) electrons. The molecule has 1 aliphatic rings. The van der Waals surface area contributed by atoms with Gasteiger partial charge in [-0.15, -0.1) is 0 Å². The largest absolute Gasteiger partial charge is 0.473 e. The molecule has 0 N–H and O–H groups in total. The summed E-state index contributed by atoms with van der Waals surface area (Å²) < 4.78 is 33.2.